The minimum atomic E-state index is -0.000865. The second-order valence-corrected chi connectivity index (χ2v) is 7.05. The smallest absolute Gasteiger partial charge is 0.0474 e. The fraction of sp³-hybridized carbons (Fsp3) is 0.368. The Bertz CT molecular complexity index is 658. The van der Waals surface area contributed by atoms with Gasteiger partial charge in [0.15, 0.2) is 0 Å². The third kappa shape index (κ3) is 2.59. The van der Waals surface area contributed by atoms with E-state index in [1.165, 1.54) is 25.8 Å². The van der Waals surface area contributed by atoms with E-state index >= 15 is 0 Å². The molecule has 0 fully saturated rings. The highest BCUT2D eigenvalue weighted by molar-refractivity contribution is 14.1. The first-order valence-electron chi connectivity index (χ1n) is 7.61. The van der Waals surface area contributed by atoms with E-state index in [0.29, 0.717) is 0 Å². The van der Waals surface area contributed by atoms with Crippen molar-refractivity contribution >= 4 is 22.6 Å². The van der Waals surface area contributed by atoms with E-state index in [-0.39, 0.29) is 5.41 Å². The van der Waals surface area contributed by atoms with E-state index in [0.717, 1.165) is 26.1 Å². The van der Waals surface area contributed by atoms with Gasteiger partial charge in [0, 0.05) is 36.4 Å². The summed E-state index contributed by atoms with van der Waals surface area (Å²) in [6.45, 7) is 1.51. The lowest BCUT2D eigenvalue weighted by atomic mass is 9.73. The summed E-state index contributed by atoms with van der Waals surface area (Å²) in [6.07, 6.45) is 1.97. The van der Waals surface area contributed by atoms with Gasteiger partial charge in [-0.3, -0.25) is 0 Å². The first-order valence-corrected chi connectivity index (χ1v) is 8.68. The van der Waals surface area contributed by atoms with Gasteiger partial charge < -0.3 is 9.47 Å². The minimum absolute atomic E-state index is 0.000865. The topological polar surface area (TPSA) is 18.5 Å². The van der Waals surface area contributed by atoms with Crippen LogP contribution in [0.5, 0.6) is 0 Å². The fourth-order valence-electron chi connectivity index (χ4n) is 3.64. The number of rotatable bonds is 6. The molecule has 0 N–H and O–H groups in total. The molecule has 1 aliphatic rings. The summed E-state index contributed by atoms with van der Waals surface area (Å²) in [6, 6.07) is 15.6. The van der Waals surface area contributed by atoms with E-state index in [4.69, 9.17) is 9.47 Å². The fourth-order valence-corrected chi connectivity index (χ4v) is 4.14. The molecule has 0 saturated heterocycles. The van der Waals surface area contributed by atoms with Crippen LogP contribution in [0.4, 0.5) is 0 Å². The minimum Gasteiger partial charge on any atom is -0.385 e. The highest BCUT2D eigenvalue weighted by Crippen LogP contribution is 2.52. The molecule has 116 valence electrons. The average molecular weight is 408 g/mol. The summed E-state index contributed by atoms with van der Waals surface area (Å²) < 4.78 is 12.1. The zero-order valence-corrected chi connectivity index (χ0v) is 15.2. The zero-order valence-electron chi connectivity index (χ0n) is 13.1. The molecule has 3 rings (SSSR count). The molecule has 0 aliphatic heterocycles. The second kappa shape index (κ2) is 6.69. The molecule has 0 saturated carbocycles. The van der Waals surface area contributed by atoms with Crippen molar-refractivity contribution in [1.82, 2.24) is 0 Å². The molecule has 0 radical (unpaired) electrons. The van der Waals surface area contributed by atoms with Gasteiger partial charge in [0.2, 0.25) is 0 Å². The lowest BCUT2D eigenvalue weighted by molar-refractivity contribution is 0.145. The molecule has 0 unspecified atom stereocenters. The molecule has 0 heterocycles. The number of hydrogen-bond donors (Lipinski definition) is 0. The van der Waals surface area contributed by atoms with Crippen molar-refractivity contribution in [3.05, 3.63) is 57.2 Å². The molecule has 1 aliphatic carbocycles. The van der Waals surface area contributed by atoms with Crippen molar-refractivity contribution in [3.8, 4) is 11.1 Å². The van der Waals surface area contributed by atoms with Gasteiger partial charge in [-0.1, -0.05) is 30.3 Å². The van der Waals surface area contributed by atoms with E-state index < -0.39 is 0 Å². The van der Waals surface area contributed by atoms with Crippen LogP contribution in [0.2, 0.25) is 0 Å². The molecule has 2 aromatic carbocycles. The monoisotopic (exact) mass is 408 g/mol. The Morgan fingerprint density at radius 3 is 2.18 bits per heavy atom. The van der Waals surface area contributed by atoms with Crippen LogP contribution in [0.3, 0.4) is 0 Å². The Hall–Kier alpha value is -0.910. The van der Waals surface area contributed by atoms with Crippen molar-refractivity contribution in [3.63, 3.8) is 0 Å². The highest BCUT2D eigenvalue weighted by Gasteiger charge is 2.42. The van der Waals surface area contributed by atoms with Crippen LogP contribution in [-0.2, 0) is 14.9 Å². The number of ether oxygens (including phenoxy) is 2. The lowest BCUT2D eigenvalue weighted by Gasteiger charge is -2.32. The molecule has 0 bridgehead atoms. The molecule has 2 nitrogen and oxygen atoms in total. The van der Waals surface area contributed by atoms with Crippen LogP contribution in [0.1, 0.15) is 24.0 Å². The van der Waals surface area contributed by atoms with Gasteiger partial charge in [0.05, 0.1) is 0 Å². The zero-order chi connectivity index (χ0) is 15.6. The Balaban J connectivity index is 2.20. The molecule has 22 heavy (non-hydrogen) atoms. The number of fused-ring (bicyclic) bond motifs is 3. The third-order valence-corrected chi connectivity index (χ3v) is 5.37. The van der Waals surface area contributed by atoms with Crippen molar-refractivity contribution < 1.29 is 9.47 Å². The van der Waals surface area contributed by atoms with Crippen LogP contribution < -0.4 is 0 Å². The molecule has 3 heteroatoms. The van der Waals surface area contributed by atoms with Crippen LogP contribution in [0, 0.1) is 3.57 Å². The Morgan fingerprint density at radius 2 is 1.50 bits per heavy atom. The Labute approximate surface area is 146 Å². The van der Waals surface area contributed by atoms with Crippen molar-refractivity contribution in [1.29, 1.82) is 0 Å². The van der Waals surface area contributed by atoms with Crippen LogP contribution in [0.25, 0.3) is 11.1 Å². The summed E-state index contributed by atoms with van der Waals surface area (Å²) in [5, 5.41) is 0. The van der Waals surface area contributed by atoms with E-state index in [2.05, 4.69) is 65.1 Å². The third-order valence-electron chi connectivity index (χ3n) is 4.70. The molecule has 0 atom stereocenters. The summed E-state index contributed by atoms with van der Waals surface area (Å²) in [7, 11) is 3.56. The maximum Gasteiger partial charge on any atom is 0.0474 e. The van der Waals surface area contributed by atoms with Crippen LogP contribution >= 0.6 is 22.6 Å². The first kappa shape index (κ1) is 16.0. The van der Waals surface area contributed by atoms with Crippen molar-refractivity contribution in [2.45, 2.75) is 18.3 Å². The van der Waals surface area contributed by atoms with Gasteiger partial charge in [-0.25, -0.2) is 0 Å². The van der Waals surface area contributed by atoms with Crippen molar-refractivity contribution in [2.24, 2.45) is 0 Å². The largest absolute Gasteiger partial charge is 0.385 e. The maximum atomic E-state index is 5.43. The quantitative estimate of drug-likeness (QED) is 0.649. The predicted molar refractivity (Wildman–Crippen MR) is 98.4 cm³/mol. The first-order chi connectivity index (χ1) is 10.7. The van der Waals surface area contributed by atoms with Gasteiger partial charge >= 0.3 is 0 Å². The van der Waals surface area contributed by atoms with Crippen molar-refractivity contribution in [2.75, 3.05) is 27.4 Å². The predicted octanol–water partition coefficient (Wildman–Crippen LogP) is 4.63. The second-order valence-electron chi connectivity index (χ2n) is 5.80. The molecule has 0 spiro atoms. The molecule has 0 aromatic heterocycles. The maximum absolute atomic E-state index is 5.43. The summed E-state index contributed by atoms with van der Waals surface area (Å²) in [5.74, 6) is 0. The van der Waals surface area contributed by atoms with E-state index in [1.807, 2.05) is 0 Å². The number of methoxy groups -OCH3 is 2. The van der Waals surface area contributed by atoms with Gasteiger partial charge in [-0.15, -0.1) is 0 Å². The van der Waals surface area contributed by atoms with Gasteiger partial charge in [0.1, 0.15) is 0 Å². The Morgan fingerprint density at radius 1 is 0.864 bits per heavy atom. The van der Waals surface area contributed by atoms with E-state index in [1.54, 1.807) is 14.2 Å². The summed E-state index contributed by atoms with van der Waals surface area (Å²) in [4.78, 5) is 0. The lowest BCUT2D eigenvalue weighted by Crippen LogP contribution is -2.29. The molecule has 2 aromatic rings. The molecule has 0 amide bonds. The standard InChI is InChI=1S/C19H21IO2/c1-21-11-9-19(10-12-22-2)17-6-4-3-5-15(17)16-8-7-14(20)13-18(16)19/h3-8,13H,9-12H2,1-2H3. The normalized spacial score (nSPS) is 14.7. The Kier molecular flexibility index (Phi) is 4.85. The van der Waals surface area contributed by atoms with Gasteiger partial charge in [-0.2, -0.15) is 0 Å². The summed E-state index contributed by atoms with van der Waals surface area (Å²) in [5.41, 5.74) is 5.57. The number of halogens is 1. The number of benzene rings is 2. The van der Waals surface area contributed by atoms with Gasteiger partial charge in [-0.05, 0) is 69.8 Å². The summed E-state index contributed by atoms with van der Waals surface area (Å²) >= 11 is 2.40. The average Bonchev–Trinajstić information content (AvgIpc) is 2.81. The van der Waals surface area contributed by atoms with Crippen LogP contribution in [0.15, 0.2) is 42.5 Å². The van der Waals surface area contributed by atoms with Gasteiger partial charge in [0.25, 0.3) is 0 Å². The van der Waals surface area contributed by atoms with Crippen LogP contribution in [-0.4, -0.2) is 27.4 Å². The SMILES string of the molecule is COCCC1(CCOC)c2ccccc2-c2ccc(I)cc21. The molecular formula is C19H21IO2. The molecular weight excluding hydrogens is 387 g/mol. The number of hydrogen-bond acceptors (Lipinski definition) is 2. The van der Waals surface area contributed by atoms with E-state index in [9.17, 15) is 0 Å². The highest BCUT2D eigenvalue weighted by atomic mass is 127.